The smallest absolute Gasteiger partial charge is 0.239 e. The summed E-state index contributed by atoms with van der Waals surface area (Å²) >= 11 is 0. The van der Waals surface area contributed by atoms with Crippen LogP contribution >= 0.6 is 24.8 Å². The van der Waals surface area contributed by atoms with Gasteiger partial charge in [-0.1, -0.05) is 18.2 Å². The van der Waals surface area contributed by atoms with Crippen molar-refractivity contribution in [2.24, 2.45) is 5.73 Å². The van der Waals surface area contributed by atoms with Crippen LogP contribution in [0.15, 0.2) is 18.2 Å². The molecule has 0 bridgehead atoms. The summed E-state index contributed by atoms with van der Waals surface area (Å²) in [6.07, 6.45) is 0.941. The van der Waals surface area contributed by atoms with E-state index in [9.17, 15) is 4.79 Å². The van der Waals surface area contributed by atoms with Gasteiger partial charge in [0.15, 0.2) is 0 Å². The summed E-state index contributed by atoms with van der Waals surface area (Å²) in [5, 5.41) is 3.09. The topological polar surface area (TPSA) is 55.1 Å². The predicted octanol–water partition coefficient (Wildman–Crippen LogP) is 1.00. The number of benzene rings is 1. The number of fused-ring (bicyclic) bond motifs is 1. The van der Waals surface area contributed by atoms with Gasteiger partial charge in [0, 0.05) is 6.54 Å². The second kappa shape index (κ2) is 5.95. The number of amides is 1. The molecular weight excluding hydrogens is 235 g/mol. The Balaban J connectivity index is 0.000000980. The number of rotatable bonds is 1. The lowest BCUT2D eigenvalue weighted by molar-refractivity contribution is -0.120. The highest BCUT2D eigenvalue weighted by atomic mass is 35.5. The Morgan fingerprint density at radius 1 is 1.53 bits per heavy atom. The molecule has 1 heterocycles. The highest BCUT2D eigenvalue weighted by Crippen LogP contribution is 2.21. The van der Waals surface area contributed by atoms with Crippen LogP contribution in [0, 0.1) is 6.07 Å². The molecule has 83 valence electrons. The Morgan fingerprint density at radius 3 is 2.93 bits per heavy atom. The first-order valence-corrected chi connectivity index (χ1v) is 4.30. The van der Waals surface area contributed by atoms with Crippen molar-refractivity contribution in [1.29, 1.82) is 0 Å². The van der Waals surface area contributed by atoms with Gasteiger partial charge in [-0.2, -0.15) is 0 Å². The van der Waals surface area contributed by atoms with E-state index < -0.39 is 0 Å². The van der Waals surface area contributed by atoms with Gasteiger partial charge in [-0.15, -0.1) is 24.8 Å². The first kappa shape index (κ1) is 14.2. The Kier molecular flexibility index (Phi) is 5.65. The average Bonchev–Trinajstić information content (AvgIpc) is 2.17. The molecule has 0 aliphatic carbocycles. The third-order valence-electron chi connectivity index (χ3n) is 2.33. The van der Waals surface area contributed by atoms with E-state index in [0.717, 1.165) is 18.5 Å². The van der Waals surface area contributed by atoms with Crippen LogP contribution in [0.4, 0.5) is 0 Å². The van der Waals surface area contributed by atoms with Crippen LogP contribution in [-0.4, -0.2) is 12.5 Å². The minimum Gasteiger partial charge on any atom is -0.368 e. The lowest BCUT2D eigenvalue weighted by Gasteiger charge is -2.23. The van der Waals surface area contributed by atoms with E-state index in [2.05, 4.69) is 11.4 Å². The van der Waals surface area contributed by atoms with Gasteiger partial charge < -0.3 is 11.1 Å². The normalized spacial score (nSPS) is 18.0. The van der Waals surface area contributed by atoms with Crippen molar-refractivity contribution in [2.75, 3.05) is 6.54 Å². The van der Waals surface area contributed by atoms with Crippen molar-refractivity contribution in [3.8, 4) is 0 Å². The zero-order chi connectivity index (χ0) is 9.26. The van der Waals surface area contributed by atoms with Crippen LogP contribution in [0.25, 0.3) is 0 Å². The molecule has 0 aromatic heterocycles. The van der Waals surface area contributed by atoms with Crippen LogP contribution in [0.3, 0.4) is 0 Å². The van der Waals surface area contributed by atoms with Gasteiger partial charge in [-0.3, -0.25) is 4.79 Å². The van der Waals surface area contributed by atoms with Gasteiger partial charge in [-0.25, -0.2) is 0 Å². The third kappa shape index (κ3) is 2.84. The summed E-state index contributed by atoms with van der Waals surface area (Å²) in [6, 6.07) is 8.31. The Morgan fingerprint density at radius 2 is 2.27 bits per heavy atom. The number of halogens is 2. The fourth-order valence-electron chi connectivity index (χ4n) is 1.69. The van der Waals surface area contributed by atoms with Gasteiger partial charge in [0.2, 0.25) is 5.91 Å². The van der Waals surface area contributed by atoms with Gasteiger partial charge in [0.25, 0.3) is 0 Å². The molecular formula is C10H13Cl2N2O. The Bertz CT molecular complexity index is 344. The van der Waals surface area contributed by atoms with Crippen LogP contribution in [0.5, 0.6) is 0 Å². The van der Waals surface area contributed by atoms with E-state index in [1.54, 1.807) is 0 Å². The average molecular weight is 248 g/mol. The van der Waals surface area contributed by atoms with E-state index in [1.165, 1.54) is 5.56 Å². The van der Waals surface area contributed by atoms with Crippen molar-refractivity contribution in [3.63, 3.8) is 0 Å². The molecule has 1 aromatic carbocycles. The molecule has 3 nitrogen and oxygen atoms in total. The molecule has 1 aliphatic heterocycles. The summed E-state index contributed by atoms with van der Waals surface area (Å²) < 4.78 is 0. The van der Waals surface area contributed by atoms with Crippen LogP contribution in [-0.2, 0) is 11.2 Å². The Hall–Kier alpha value is -0.770. The van der Waals surface area contributed by atoms with Crippen molar-refractivity contribution < 1.29 is 4.79 Å². The molecule has 5 heteroatoms. The van der Waals surface area contributed by atoms with E-state index in [4.69, 9.17) is 5.73 Å². The molecule has 15 heavy (non-hydrogen) atoms. The molecule has 1 atom stereocenters. The van der Waals surface area contributed by atoms with Crippen LogP contribution in [0.1, 0.15) is 17.2 Å². The molecule has 3 N–H and O–H groups in total. The van der Waals surface area contributed by atoms with Crippen LogP contribution in [0.2, 0.25) is 0 Å². The Labute approximate surface area is 101 Å². The lowest BCUT2D eigenvalue weighted by atomic mass is 9.94. The molecule has 1 amide bonds. The molecule has 0 saturated carbocycles. The molecule has 0 fully saturated rings. The highest BCUT2D eigenvalue weighted by molar-refractivity contribution is 5.85. The number of carbonyl (C=O) groups excluding carboxylic acids is 1. The maximum atomic E-state index is 11.1. The van der Waals surface area contributed by atoms with Crippen molar-refractivity contribution in [3.05, 3.63) is 35.4 Å². The number of hydrogen-bond donors (Lipinski definition) is 2. The van der Waals surface area contributed by atoms with Gasteiger partial charge in [0.1, 0.15) is 6.04 Å². The minimum absolute atomic E-state index is 0. The molecule has 0 spiro atoms. The second-order valence-electron chi connectivity index (χ2n) is 3.16. The van der Waals surface area contributed by atoms with Crippen molar-refractivity contribution in [2.45, 2.75) is 12.5 Å². The van der Waals surface area contributed by atoms with Crippen molar-refractivity contribution >= 4 is 30.7 Å². The molecule has 1 unspecified atom stereocenters. The molecule has 0 saturated heterocycles. The van der Waals surface area contributed by atoms with Gasteiger partial charge in [0.05, 0.1) is 0 Å². The fourth-order valence-corrected chi connectivity index (χ4v) is 1.69. The number of carbonyl (C=O) groups is 1. The largest absolute Gasteiger partial charge is 0.368 e. The number of hydrogen-bond acceptors (Lipinski definition) is 2. The lowest BCUT2D eigenvalue weighted by Crippen LogP contribution is -2.38. The monoisotopic (exact) mass is 247 g/mol. The number of nitrogens with one attached hydrogen (secondary N) is 1. The quantitative estimate of drug-likeness (QED) is 0.779. The summed E-state index contributed by atoms with van der Waals surface area (Å²) in [7, 11) is 0. The first-order chi connectivity index (χ1) is 6.29. The summed E-state index contributed by atoms with van der Waals surface area (Å²) in [5.41, 5.74) is 7.44. The zero-order valence-electron chi connectivity index (χ0n) is 8.03. The maximum absolute atomic E-state index is 11.1. The highest BCUT2D eigenvalue weighted by Gasteiger charge is 2.23. The second-order valence-corrected chi connectivity index (χ2v) is 3.16. The van der Waals surface area contributed by atoms with E-state index in [-0.39, 0.29) is 36.8 Å². The summed E-state index contributed by atoms with van der Waals surface area (Å²) in [4.78, 5) is 11.1. The van der Waals surface area contributed by atoms with Crippen molar-refractivity contribution in [1.82, 2.24) is 5.32 Å². The fraction of sp³-hybridized carbons (Fsp3) is 0.300. The van der Waals surface area contributed by atoms with Gasteiger partial charge >= 0.3 is 0 Å². The standard InChI is InChI=1S/C10H11N2O.2ClH/c11-10(13)9-8-4-2-1-3-7(8)5-6-12-9;;/h2-4,9,12H,5-6H2,(H2,11,13);2*1H. The molecule has 1 radical (unpaired) electrons. The minimum atomic E-state index is -0.321. The summed E-state index contributed by atoms with van der Waals surface area (Å²) in [6.45, 7) is 0.804. The number of primary amides is 1. The summed E-state index contributed by atoms with van der Waals surface area (Å²) in [5.74, 6) is -0.313. The molecule has 1 aromatic rings. The van der Waals surface area contributed by atoms with E-state index in [1.807, 2.05) is 18.2 Å². The van der Waals surface area contributed by atoms with Crippen LogP contribution < -0.4 is 11.1 Å². The van der Waals surface area contributed by atoms with E-state index >= 15 is 0 Å². The zero-order valence-corrected chi connectivity index (χ0v) is 9.66. The molecule has 1 aliphatic rings. The van der Waals surface area contributed by atoms with E-state index in [0.29, 0.717) is 0 Å². The van der Waals surface area contributed by atoms with Gasteiger partial charge in [-0.05, 0) is 23.6 Å². The first-order valence-electron chi connectivity index (χ1n) is 4.30. The predicted molar refractivity (Wildman–Crippen MR) is 63.4 cm³/mol. The number of nitrogens with two attached hydrogens (primary N) is 1. The third-order valence-corrected chi connectivity index (χ3v) is 2.33. The SMILES string of the molecule is Cl.Cl.NC(=O)C1NCCc2c[c]ccc21. The molecule has 2 rings (SSSR count). The maximum Gasteiger partial charge on any atom is 0.239 e.